The Balaban J connectivity index is 1.43. The topological polar surface area (TPSA) is 116 Å². The molecule has 3 aromatic carbocycles. The lowest BCUT2D eigenvalue weighted by molar-refractivity contribution is 0.654. The molecule has 0 aliphatic rings. The predicted octanol–water partition coefficient (Wildman–Crippen LogP) is 3.57. The van der Waals surface area contributed by atoms with Gasteiger partial charge in [0.1, 0.15) is 5.82 Å². The lowest BCUT2D eigenvalue weighted by Gasteiger charge is -2.12. The number of aromatic nitrogens is 8. The van der Waals surface area contributed by atoms with Crippen LogP contribution >= 0.6 is 0 Å². The van der Waals surface area contributed by atoms with Gasteiger partial charge in [0.15, 0.2) is 11.2 Å². The lowest BCUT2D eigenvalue weighted by atomic mass is 9.98. The molecule has 38 heavy (non-hydrogen) atoms. The van der Waals surface area contributed by atoms with Gasteiger partial charge in [0, 0.05) is 18.7 Å². The summed E-state index contributed by atoms with van der Waals surface area (Å²) in [7, 11) is 0. The maximum Gasteiger partial charge on any atom is 0.337 e. The van der Waals surface area contributed by atoms with E-state index in [1.54, 1.807) is 6.92 Å². The SMILES string of the molecule is CCn1c(=O)c2c(nc(C)n2Cc2ccc(-c3ccccc3-c3nn[nH]n3)cc2)n(-c2ccccc2)c1=O. The smallest absolute Gasteiger partial charge is 0.318 e. The van der Waals surface area contributed by atoms with E-state index in [1.165, 1.54) is 9.13 Å². The standard InChI is InChI=1S/C28H24N8O2/c1-3-34-27(37)24-26(36(28(34)38)21-9-5-4-6-10-21)29-18(2)35(24)17-19-13-15-20(16-14-19)22-11-7-8-12-23(22)25-30-32-33-31-25/h4-16H,3,17H2,1-2H3,(H,30,31,32,33). The van der Waals surface area contributed by atoms with Gasteiger partial charge < -0.3 is 4.57 Å². The van der Waals surface area contributed by atoms with Gasteiger partial charge in [0.25, 0.3) is 5.56 Å². The van der Waals surface area contributed by atoms with Crippen molar-refractivity contribution in [3.05, 3.63) is 111 Å². The first-order chi connectivity index (χ1) is 18.6. The van der Waals surface area contributed by atoms with Gasteiger partial charge in [-0.15, -0.1) is 10.2 Å². The van der Waals surface area contributed by atoms with Crippen LogP contribution in [0, 0.1) is 6.92 Å². The quantitative estimate of drug-likeness (QED) is 0.371. The lowest BCUT2D eigenvalue weighted by Crippen LogP contribution is -2.39. The zero-order valence-electron chi connectivity index (χ0n) is 20.9. The number of aromatic amines is 1. The van der Waals surface area contributed by atoms with Gasteiger partial charge in [-0.05, 0) is 47.9 Å². The van der Waals surface area contributed by atoms with Gasteiger partial charge in [-0.25, -0.2) is 14.3 Å². The fourth-order valence-electron chi connectivity index (χ4n) is 4.80. The molecule has 0 amide bonds. The zero-order valence-corrected chi connectivity index (χ0v) is 20.9. The Morgan fingerprint density at radius 3 is 2.24 bits per heavy atom. The number of para-hydroxylation sites is 1. The van der Waals surface area contributed by atoms with Crippen molar-refractivity contribution < 1.29 is 0 Å². The largest absolute Gasteiger partial charge is 0.337 e. The Bertz CT molecular complexity index is 1870. The van der Waals surface area contributed by atoms with Crippen LogP contribution in [0.15, 0.2) is 88.5 Å². The summed E-state index contributed by atoms with van der Waals surface area (Å²) in [6, 6.07) is 25.3. The summed E-state index contributed by atoms with van der Waals surface area (Å²) in [5.74, 6) is 1.18. The third kappa shape index (κ3) is 3.83. The summed E-state index contributed by atoms with van der Waals surface area (Å²) in [6.07, 6.45) is 0. The van der Waals surface area contributed by atoms with Gasteiger partial charge in [-0.2, -0.15) is 5.21 Å². The van der Waals surface area contributed by atoms with Crippen LogP contribution in [-0.2, 0) is 13.1 Å². The van der Waals surface area contributed by atoms with Crippen molar-refractivity contribution in [2.24, 2.45) is 0 Å². The van der Waals surface area contributed by atoms with Crippen molar-refractivity contribution in [1.82, 2.24) is 39.3 Å². The Morgan fingerprint density at radius 1 is 0.842 bits per heavy atom. The minimum absolute atomic E-state index is 0.263. The first-order valence-corrected chi connectivity index (χ1v) is 12.3. The molecular weight excluding hydrogens is 480 g/mol. The van der Waals surface area contributed by atoms with Crippen molar-refractivity contribution >= 4 is 11.2 Å². The van der Waals surface area contributed by atoms with E-state index in [-0.39, 0.29) is 12.1 Å². The molecule has 6 rings (SSSR count). The maximum absolute atomic E-state index is 13.4. The molecule has 0 saturated carbocycles. The summed E-state index contributed by atoms with van der Waals surface area (Å²) in [4.78, 5) is 31.4. The second-order valence-corrected chi connectivity index (χ2v) is 8.90. The number of rotatable bonds is 6. The summed E-state index contributed by atoms with van der Waals surface area (Å²) in [6.45, 7) is 4.34. The fourth-order valence-corrected chi connectivity index (χ4v) is 4.80. The third-order valence-corrected chi connectivity index (χ3v) is 6.67. The Hall–Kier alpha value is -5.12. The third-order valence-electron chi connectivity index (χ3n) is 6.67. The number of imidazole rings is 1. The summed E-state index contributed by atoms with van der Waals surface area (Å²) in [5.41, 5.74) is 4.56. The van der Waals surface area contributed by atoms with E-state index in [1.807, 2.05) is 90.4 Å². The molecule has 0 aliphatic carbocycles. The van der Waals surface area contributed by atoms with E-state index in [0.29, 0.717) is 35.0 Å². The highest BCUT2D eigenvalue weighted by Crippen LogP contribution is 2.30. The molecule has 0 unspecified atom stereocenters. The molecule has 0 saturated heterocycles. The summed E-state index contributed by atoms with van der Waals surface area (Å²) < 4.78 is 4.65. The predicted molar refractivity (Wildman–Crippen MR) is 144 cm³/mol. The first kappa shape index (κ1) is 23.3. The molecule has 0 bridgehead atoms. The molecule has 10 nitrogen and oxygen atoms in total. The van der Waals surface area contributed by atoms with Crippen LogP contribution in [0.1, 0.15) is 18.3 Å². The highest BCUT2D eigenvalue weighted by atomic mass is 16.2. The molecule has 1 N–H and O–H groups in total. The average Bonchev–Trinajstić information content (AvgIpc) is 3.59. The molecule has 0 atom stereocenters. The highest BCUT2D eigenvalue weighted by Gasteiger charge is 2.21. The van der Waals surface area contributed by atoms with E-state index in [4.69, 9.17) is 0 Å². The number of aryl methyl sites for hydroxylation is 1. The number of hydrogen-bond acceptors (Lipinski definition) is 6. The van der Waals surface area contributed by atoms with Crippen LogP contribution in [0.2, 0.25) is 0 Å². The van der Waals surface area contributed by atoms with Crippen LogP contribution in [0.25, 0.3) is 39.4 Å². The number of hydrogen-bond donors (Lipinski definition) is 1. The van der Waals surface area contributed by atoms with Crippen LogP contribution in [0.5, 0.6) is 0 Å². The number of H-pyrrole nitrogens is 1. The van der Waals surface area contributed by atoms with Gasteiger partial charge in [-0.1, -0.05) is 66.7 Å². The molecular formula is C28H24N8O2. The Kier molecular flexibility index (Phi) is 5.76. The maximum atomic E-state index is 13.4. The molecule has 3 heterocycles. The second-order valence-electron chi connectivity index (χ2n) is 8.90. The zero-order chi connectivity index (χ0) is 26.2. The van der Waals surface area contributed by atoms with E-state index < -0.39 is 5.69 Å². The number of fused-ring (bicyclic) bond motifs is 1. The monoisotopic (exact) mass is 504 g/mol. The van der Waals surface area contributed by atoms with E-state index in [0.717, 1.165) is 22.3 Å². The molecule has 188 valence electrons. The summed E-state index contributed by atoms with van der Waals surface area (Å²) >= 11 is 0. The Morgan fingerprint density at radius 2 is 1.55 bits per heavy atom. The molecule has 6 aromatic rings. The first-order valence-electron chi connectivity index (χ1n) is 12.3. The van der Waals surface area contributed by atoms with Crippen molar-refractivity contribution in [3.8, 4) is 28.2 Å². The minimum Gasteiger partial charge on any atom is -0.318 e. The minimum atomic E-state index is -0.398. The fraction of sp³-hybridized carbons (Fsp3) is 0.143. The molecule has 0 radical (unpaired) electrons. The summed E-state index contributed by atoms with van der Waals surface area (Å²) in [5, 5.41) is 14.4. The number of benzene rings is 3. The normalized spacial score (nSPS) is 11.3. The number of nitrogens with zero attached hydrogens (tertiary/aromatic N) is 7. The molecule has 10 heteroatoms. The average molecular weight is 505 g/mol. The second kappa shape index (κ2) is 9.40. The van der Waals surface area contributed by atoms with Crippen LogP contribution in [0.3, 0.4) is 0 Å². The van der Waals surface area contributed by atoms with Crippen molar-refractivity contribution in [1.29, 1.82) is 0 Å². The molecule has 3 aromatic heterocycles. The molecule has 0 fully saturated rings. The van der Waals surface area contributed by atoms with Gasteiger partial charge in [-0.3, -0.25) is 9.36 Å². The van der Waals surface area contributed by atoms with Crippen molar-refractivity contribution in [3.63, 3.8) is 0 Å². The highest BCUT2D eigenvalue weighted by molar-refractivity contribution is 5.80. The van der Waals surface area contributed by atoms with Crippen LogP contribution in [-0.4, -0.2) is 39.3 Å². The van der Waals surface area contributed by atoms with E-state index >= 15 is 0 Å². The van der Waals surface area contributed by atoms with Gasteiger partial charge in [0.2, 0.25) is 5.82 Å². The number of nitrogens with one attached hydrogen (secondary N) is 1. The van der Waals surface area contributed by atoms with Crippen LogP contribution in [0.4, 0.5) is 0 Å². The van der Waals surface area contributed by atoms with Gasteiger partial charge >= 0.3 is 5.69 Å². The van der Waals surface area contributed by atoms with E-state index in [2.05, 4.69) is 25.6 Å². The van der Waals surface area contributed by atoms with Crippen molar-refractivity contribution in [2.45, 2.75) is 26.9 Å². The van der Waals surface area contributed by atoms with Crippen LogP contribution < -0.4 is 11.2 Å². The Labute approximate surface area is 216 Å². The number of tetrazole rings is 1. The van der Waals surface area contributed by atoms with Gasteiger partial charge in [0.05, 0.1) is 5.69 Å². The van der Waals surface area contributed by atoms with E-state index in [9.17, 15) is 9.59 Å². The molecule has 0 aliphatic heterocycles. The molecule has 0 spiro atoms. The van der Waals surface area contributed by atoms with Crippen molar-refractivity contribution in [2.75, 3.05) is 0 Å².